The summed E-state index contributed by atoms with van der Waals surface area (Å²) in [5.74, 6) is 0.777. The van der Waals surface area contributed by atoms with Crippen molar-refractivity contribution >= 4 is 27.6 Å². The summed E-state index contributed by atoms with van der Waals surface area (Å²) in [4.78, 5) is 8.78. The van der Waals surface area contributed by atoms with E-state index in [-0.39, 0.29) is 17.7 Å². The maximum absolute atomic E-state index is 13.7. The number of hydrogen-bond donors (Lipinski definition) is 1. The molecule has 4 nitrogen and oxygen atoms in total. The predicted molar refractivity (Wildman–Crippen MR) is 141 cm³/mol. The van der Waals surface area contributed by atoms with E-state index in [0.717, 1.165) is 65.0 Å². The molecule has 6 rings (SSSR count). The third-order valence-corrected chi connectivity index (χ3v) is 7.49. The van der Waals surface area contributed by atoms with E-state index in [1.807, 2.05) is 43.5 Å². The molecule has 38 heavy (non-hydrogen) atoms. The van der Waals surface area contributed by atoms with Gasteiger partial charge in [-0.2, -0.15) is 13.2 Å². The first-order valence-corrected chi connectivity index (χ1v) is 12.7. The van der Waals surface area contributed by atoms with Gasteiger partial charge in [0.1, 0.15) is 17.5 Å². The molecule has 5 aromatic rings. The summed E-state index contributed by atoms with van der Waals surface area (Å²) in [6.07, 6.45) is 2.39. The van der Waals surface area contributed by atoms with Crippen molar-refractivity contribution in [3.63, 3.8) is 0 Å². The number of benzene rings is 2. The molecule has 0 amide bonds. The van der Waals surface area contributed by atoms with Gasteiger partial charge in [0.15, 0.2) is 0 Å². The van der Waals surface area contributed by atoms with Crippen molar-refractivity contribution in [2.45, 2.75) is 44.8 Å². The number of fused-ring (bicyclic) bond motifs is 2. The lowest BCUT2D eigenvalue weighted by molar-refractivity contribution is -0.137. The fourth-order valence-electron chi connectivity index (χ4n) is 5.75. The lowest BCUT2D eigenvalue weighted by Crippen LogP contribution is -2.17. The Balaban J connectivity index is 1.23. The van der Waals surface area contributed by atoms with Crippen molar-refractivity contribution < 1.29 is 17.6 Å². The summed E-state index contributed by atoms with van der Waals surface area (Å²) in [7, 11) is 0. The molecule has 194 valence electrons. The smallest absolute Gasteiger partial charge is 0.367 e. The first-order chi connectivity index (χ1) is 18.3. The van der Waals surface area contributed by atoms with Crippen molar-refractivity contribution in [3.05, 3.63) is 95.6 Å². The van der Waals surface area contributed by atoms with Crippen LogP contribution in [0.3, 0.4) is 0 Å². The molecule has 3 aromatic heterocycles. The second-order valence-electron chi connectivity index (χ2n) is 10.1. The summed E-state index contributed by atoms with van der Waals surface area (Å²) in [5, 5.41) is 5.30. The molecule has 1 N–H and O–H groups in total. The van der Waals surface area contributed by atoms with E-state index < -0.39 is 11.7 Å². The highest BCUT2D eigenvalue weighted by atomic mass is 19.4. The third-order valence-electron chi connectivity index (χ3n) is 7.49. The second kappa shape index (κ2) is 9.42. The molecule has 1 aliphatic carbocycles. The van der Waals surface area contributed by atoms with Crippen LogP contribution >= 0.6 is 0 Å². The van der Waals surface area contributed by atoms with Crippen LogP contribution < -0.4 is 5.32 Å². The van der Waals surface area contributed by atoms with Gasteiger partial charge >= 0.3 is 6.18 Å². The van der Waals surface area contributed by atoms with Crippen LogP contribution in [0.25, 0.3) is 27.6 Å². The Morgan fingerprint density at radius 1 is 1.00 bits per heavy atom. The summed E-state index contributed by atoms with van der Waals surface area (Å²) in [6.45, 7) is 1.95. The van der Waals surface area contributed by atoms with Gasteiger partial charge in [-0.05, 0) is 92.1 Å². The zero-order chi connectivity index (χ0) is 26.4. The van der Waals surface area contributed by atoms with Gasteiger partial charge in [0.05, 0.1) is 16.6 Å². The van der Waals surface area contributed by atoms with Gasteiger partial charge in [-0.25, -0.2) is 14.4 Å². The van der Waals surface area contributed by atoms with Gasteiger partial charge in [-0.1, -0.05) is 18.2 Å². The van der Waals surface area contributed by atoms with Crippen LogP contribution in [0.4, 0.5) is 23.4 Å². The highest BCUT2D eigenvalue weighted by molar-refractivity contribution is 5.86. The Morgan fingerprint density at radius 2 is 1.84 bits per heavy atom. The van der Waals surface area contributed by atoms with Crippen LogP contribution in [0, 0.1) is 18.7 Å². The molecule has 0 radical (unpaired) electrons. The molecule has 2 atom stereocenters. The average Bonchev–Trinajstić information content (AvgIpc) is 3.48. The number of nitrogens with zero attached hydrogens (tertiary/aromatic N) is 3. The van der Waals surface area contributed by atoms with Crippen molar-refractivity contribution in [1.82, 2.24) is 14.5 Å². The van der Waals surface area contributed by atoms with Crippen molar-refractivity contribution in [1.29, 1.82) is 0 Å². The zero-order valence-corrected chi connectivity index (χ0v) is 20.8. The van der Waals surface area contributed by atoms with E-state index in [2.05, 4.69) is 15.3 Å². The minimum absolute atomic E-state index is 0.106. The van der Waals surface area contributed by atoms with Crippen LogP contribution in [0.1, 0.15) is 36.0 Å². The number of para-hydroxylation sites is 1. The van der Waals surface area contributed by atoms with Crippen LogP contribution in [0.2, 0.25) is 0 Å². The Hall–Kier alpha value is -3.94. The van der Waals surface area contributed by atoms with E-state index in [4.69, 9.17) is 0 Å². The molecule has 2 aromatic carbocycles. The number of rotatable bonds is 5. The molecule has 8 heteroatoms. The topological polar surface area (TPSA) is 42.7 Å². The standard InChI is InChI=1S/C30H26F4N4/c1-18-13-28(37-26-11-9-21(31)16-24(18)26)36-22-10-8-19(15-22)14-20-17-38(27-7-3-2-5-23(20)27)29-25(30(32,33)34)6-4-12-35-29/h2-7,9,11-13,16-17,19,22H,8,10,14-15H2,1H3,(H,36,37)/t19-,22+/m1/s1. The number of pyridine rings is 2. The van der Waals surface area contributed by atoms with Crippen LogP contribution in [0.5, 0.6) is 0 Å². The molecule has 0 aliphatic heterocycles. The predicted octanol–water partition coefficient (Wildman–Crippen LogP) is 7.86. The summed E-state index contributed by atoms with van der Waals surface area (Å²) in [6, 6.07) is 16.8. The maximum atomic E-state index is 13.7. The Kier molecular flexibility index (Phi) is 6.05. The molecule has 1 fully saturated rings. The Labute approximate surface area is 217 Å². The van der Waals surface area contributed by atoms with Crippen LogP contribution in [-0.2, 0) is 12.6 Å². The lowest BCUT2D eigenvalue weighted by Gasteiger charge is -2.15. The number of alkyl halides is 3. The molecule has 1 aliphatic rings. The monoisotopic (exact) mass is 518 g/mol. The van der Waals surface area contributed by atoms with E-state index in [1.54, 1.807) is 10.6 Å². The second-order valence-corrected chi connectivity index (χ2v) is 10.1. The number of aryl methyl sites for hydroxylation is 1. The van der Waals surface area contributed by atoms with Gasteiger partial charge in [-0.15, -0.1) is 0 Å². The number of hydrogen-bond acceptors (Lipinski definition) is 3. The maximum Gasteiger partial charge on any atom is 0.419 e. The SMILES string of the molecule is Cc1cc(N[C@H]2CC[C@H](Cc3cn(-c4ncccc4C(F)(F)F)c4ccccc34)C2)nc2ccc(F)cc12. The lowest BCUT2D eigenvalue weighted by atomic mass is 9.97. The number of halogens is 4. The first-order valence-electron chi connectivity index (χ1n) is 12.7. The molecular formula is C30H26F4N4. The van der Waals surface area contributed by atoms with Gasteiger partial charge < -0.3 is 9.88 Å². The largest absolute Gasteiger partial charge is 0.419 e. The minimum atomic E-state index is -4.50. The summed E-state index contributed by atoms with van der Waals surface area (Å²) in [5.41, 5.74) is 2.70. The fourth-order valence-corrected chi connectivity index (χ4v) is 5.75. The molecular weight excluding hydrogens is 492 g/mol. The fraction of sp³-hybridized carbons (Fsp3) is 0.267. The molecule has 1 saturated carbocycles. The molecule has 0 unspecified atom stereocenters. The van der Waals surface area contributed by atoms with Gasteiger partial charge in [0, 0.05) is 29.2 Å². The van der Waals surface area contributed by atoms with Crippen LogP contribution in [0.15, 0.2) is 73.1 Å². The zero-order valence-electron chi connectivity index (χ0n) is 20.8. The van der Waals surface area contributed by atoms with Crippen molar-refractivity contribution in [3.8, 4) is 5.82 Å². The van der Waals surface area contributed by atoms with E-state index in [9.17, 15) is 17.6 Å². The quantitative estimate of drug-likeness (QED) is 0.241. The van der Waals surface area contributed by atoms with Crippen LogP contribution in [-0.4, -0.2) is 20.6 Å². The average molecular weight is 519 g/mol. The van der Waals surface area contributed by atoms with Gasteiger partial charge in [-0.3, -0.25) is 0 Å². The Bertz CT molecular complexity index is 1640. The van der Waals surface area contributed by atoms with Gasteiger partial charge in [0.25, 0.3) is 0 Å². The Morgan fingerprint density at radius 3 is 2.68 bits per heavy atom. The highest BCUT2D eigenvalue weighted by Gasteiger charge is 2.35. The summed E-state index contributed by atoms with van der Waals surface area (Å²) >= 11 is 0. The molecule has 0 bridgehead atoms. The number of nitrogens with one attached hydrogen (secondary N) is 1. The molecule has 0 saturated heterocycles. The minimum Gasteiger partial charge on any atom is -0.367 e. The third kappa shape index (κ3) is 4.59. The van der Waals surface area contributed by atoms with E-state index >= 15 is 0 Å². The number of aromatic nitrogens is 3. The van der Waals surface area contributed by atoms with Crippen molar-refractivity contribution in [2.75, 3.05) is 5.32 Å². The highest BCUT2D eigenvalue weighted by Crippen LogP contribution is 2.37. The molecule has 0 spiro atoms. The van der Waals surface area contributed by atoms with Gasteiger partial charge in [0.2, 0.25) is 0 Å². The summed E-state index contributed by atoms with van der Waals surface area (Å²) < 4.78 is 56.4. The number of anilines is 1. The van der Waals surface area contributed by atoms with Crippen molar-refractivity contribution in [2.24, 2.45) is 5.92 Å². The molecule has 3 heterocycles. The van der Waals surface area contributed by atoms with E-state index in [0.29, 0.717) is 11.4 Å². The van der Waals surface area contributed by atoms with E-state index in [1.165, 1.54) is 24.4 Å². The normalized spacial score (nSPS) is 17.9. The first kappa shape index (κ1) is 24.4.